The number of alkyl halides is 3. The minimum atomic E-state index is -4.45. The minimum Gasteiger partial charge on any atom is -0.370 e. The molecule has 172 valence electrons. The van der Waals surface area contributed by atoms with Crippen LogP contribution in [-0.4, -0.2) is 45.6 Å². The fourth-order valence-electron chi connectivity index (χ4n) is 3.87. The van der Waals surface area contributed by atoms with Crippen LogP contribution in [0.25, 0.3) is 0 Å². The molecule has 3 heterocycles. The van der Waals surface area contributed by atoms with Crippen LogP contribution >= 0.6 is 23.2 Å². The molecule has 2 atom stereocenters. The summed E-state index contributed by atoms with van der Waals surface area (Å²) in [6, 6.07) is 9.22. The fraction of sp³-hybridized carbons (Fsp3) is 0.273. The van der Waals surface area contributed by atoms with Gasteiger partial charge in [-0.2, -0.15) is 23.4 Å². The van der Waals surface area contributed by atoms with Gasteiger partial charge in [-0.05, 0) is 35.9 Å². The summed E-state index contributed by atoms with van der Waals surface area (Å²) in [7, 11) is 0. The van der Waals surface area contributed by atoms with Crippen molar-refractivity contribution in [2.75, 3.05) is 25.0 Å². The number of amides is 1. The zero-order chi connectivity index (χ0) is 23.6. The third-order valence-corrected chi connectivity index (χ3v) is 6.31. The highest BCUT2D eigenvalue weighted by Gasteiger charge is 2.37. The molecule has 2 unspecified atom stereocenters. The van der Waals surface area contributed by atoms with Gasteiger partial charge in [-0.25, -0.2) is 4.98 Å². The van der Waals surface area contributed by atoms with E-state index in [1.165, 1.54) is 18.5 Å². The molecular weight excluding hydrogens is 478 g/mol. The third kappa shape index (κ3) is 5.36. The first-order chi connectivity index (χ1) is 15.7. The maximum atomic E-state index is 13.0. The van der Waals surface area contributed by atoms with Crippen LogP contribution in [0.5, 0.6) is 0 Å². The lowest BCUT2D eigenvalue weighted by Gasteiger charge is -2.20. The molecule has 1 aromatic carbocycles. The van der Waals surface area contributed by atoms with Crippen molar-refractivity contribution in [3.05, 3.63) is 81.7 Å². The summed E-state index contributed by atoms with van der Waals surface area (Å²) in [5, 5.41) is 11.4. The molecule has 33 heavy (non-hydrogen) atoms. The van der Waals surface area contributed by atoms with Crippen molar-refractivity contribution in [1.29, 1.82) is 0 Å². The minimum absolute atomic E-state index is 0.0509. The van der Waals surface area contributed by atoms with Crippen LogP contribution in [0.15, 0.2) is 55.0 Å². The fourth-order valence-corrected chi connectivity index (χ4v) is 4.17. The van der Waals surface area contributed by atoms with Gasteiger partial charge in [0.15, 0.2) is 0 Å². The molecule has 1 saturated heterocycles. The summed E-state index contributed by atoms with van der Waals surface area (Å²) in [4.78, 5) is 18.6. The highest BCUT2D eigenvalue weighted by Crippen LogP contribution is 2.36. The Morgan fingerprint density at radius 2 is 1.88 bits per heavy atom. The highest BCUT2D eigenvalue weighted by molar-refractivity contribution is 6.42. The van der Waals surface area contributed by atoms with Gasteiger partial charge in [0.25, 0.3) is 5.91 Å². The highest BCUT2D eigenvalue weighted by atomic mass is 35.5. The topological polar surface area (TPSA) is 71.0 Å². The number of pyridine rings is 1. The van der Waals surface area contributed by atoms with Crippen LogP contribution in [0.3, 0.4) is 0 Å². The van der Waals surface area contributed by atoms with E-state index in [0.717, 1.165) is 17.8 Å². The first kappa shape index (κ1) is 23.3. The van der Waals surface area contributed by atoms with Gasteiger partial charge >= 0.3 is 6.18 Å². The molecular formula is C22H18Cl2F3N5O. The van der Waals surface area contributed by atoms with Gasteiger partial charge in [-0.15, -0.1) is 0 Å². The average Bonchev–Trinajstić information content (AvgIpc) is 3.23. The molecule has 0 radical (unpaired) electrons. The first-order valence-corrected chi connectivity index (χ1v) is 10.8. The van der Waals surface area contributed by atoms with E-state index in [0.29, 0.717) is 41.1 Å². The Balaban J connectivity index is 1.53. The number of aromatic nitrogens is 3. The summed E-state index contributed by atoms with van der Waals surface area (Å²) in [6.07, 6.45) is -0.790. The van der Waals surface area contributed by atoms with Gasteiger partial charge in [0.05, 0.1) is 33.6 Å². The monoisotopic (exact) mass is 495 g/mol. The van der Waals surface area contributed by atoms with E-state index < -0.39 is 11.7 Å². The molecule has 0 spiro atoms. The first-order valence-electron chi connectivity index (χ1n) is 10.0. The molecule has 11 heteroatoms. The number of anilines is 1. The van der Waals surface area contributed by atoms with Gasteiger partial charge in [-0.1, -0.05) is 29.3 Å². The molecule has 6 nitrogen and oxygen atoms in total. The Kier molecular flexibility index (Phi) is 6.71. The van der Waals surface area contributed by atoms with Crippen molar-refractivity contribution < 1.29 is 18.0 Å². The van der Waals surface area contributed by atoms with Crippen LogP contribution < -0.4 is 5.32 Å². The Labute approximate surface area is 197 Å². The van der Waals surface area contributed by atoms with E-state index in [1.54, 1.807) is 23.1 Å². The number of nitrogens with zero attached hydrogens (tertiary/aromatic N) is 4. The number of hydrogen-bond acceptors (Lipinski definition) is 5. The maximum absolute atomic E-state index is 13.0. The molecule has 4 rings (SSSR count). The number of benzene rings is 1. The van der Waals surface area contributed by atoms with Crippen molar-refractivity contribution in [1.82, 2.24) is 20.1 Å². The van der Waals surface area contributed by atoms with Crippen molar-refractivity contribution in [2.45, 2.75) is 12.1 Å². The maximum Gasteiger partial charge on any atom is 0.417 e. The van der Waals surface area contributed by atoms with Crippen LogP contribution in [0, 0.1) is 5.92 Å². The van der Waals surface area contributed by atoms with E-state index in [1.807, 2.05) is 6.07 Å². The summed E-state index contributed by atoms with van der Waals surface area (Å²) in [5.41, 5.74) is 0.529. The van der Waals surface area contributed by atoms with Crippen LogP contribution in [0.4, 0.5) is 19.0 Å². The SMILES string of the molecule is O=C(c1ccnnc1)N1CC(CNc2ccc(C(F)(F)F)cn2)C(c2ccc(Cl)c(Cl)c2)C1. The smallest absolute Gasteiger partial charge is 0.370 e. The number of halogens is 5. The number of carbonyl (C=O) groups excluding carboxylic acids is 1. The second-order valence-electron chi connectivity index (χ2n) is 7.69. The third-order valence-electron chi connectivity index (χ3n) is 5.57. The van der Waals surface area contributed by atoms with Crippen molar-refractivity contribution in [3.8, 4) is 0 Å². The van der Waals surface area contributed by atoms with E-state index in [9.17, 15) is 18.0 Å². The quantitative estimate of drug-likeness (QED) is 0.528. The molecule has 1 N–H and O–H groups in total. The number of carbonyl (C=O) groups is 1. The molecule has 0 aliphatic carbocycles. The second-order valence-corrected chi connectivity index (χ2v) is 8.51. The molecule has 1 aliphatic rings. The molecule has 3 aromatic rings. The molecule has 1 amide bonds. The predicted molar refractivity (Wildman–Crippen MR) is 118 cm³/mol. The van der Waals surface area contributed by atoms with Gasteiger partial charge < -0.3 is 10.2 Å². The van der Waals surface area contributed by atoms with E-state index in [-0.39, 0.29) is 17.7 Å². The molecule has 0 saturated carbocycles. The Hall–Kier alpha value is -2.91. The standard InChI is InChI=1S/C22H18Cl2F3N5O/c23-18-3-1-13(7-19(18)24)17-12-32(21(33)14-5-6-30-31-9-14)11-15(17)8-28-20-4-2-16(10-29-20)22(25,26)27/h1-7,9-10,15,17H,8,11-12H2,(H,28,29). The lowest BCUT2D eigenvalue weighted by atomic mass is 9.89. The van der Waals surface area contributed by atoms with E-state index in [4.69, 9.17) is 23.2 Å². The number of nitrogens with one attached hydrogen (secondary N) is 1. The largest absolute Gasteiger partial charge is 0.417 e. The van der Waals surface area contributed by atoms with Gasteiger partial charge in [0.2, 0.25) is 0 Å². The number of likely N-dealkylation sites (tertiary alicyclic amines) is 1. The average molecular weight is 496 g/mol. The molecule has 1 aliphatic heterocycles. The van der Waals surface area contributed by atoms with E-state index >= 15 is 0 Å². The second kappa shape index (κ2) is 9.52. The normalized spacial score (nSPS) is 18.4. The lowest BCUT2D eigenvalue weighted by molar-refractivity contribution is -0.137. The molecule has 0 bridgehead atoms. The summed E-state index contributed by atoms with van der Waals surface area (Å²) in [6.45, 7) is 1.26. The summed E-state index contributed by atoms with van der Waals surface area (Å²) >= 11 is 12.3. The van der Waals surface area contributed by atoms with Crippen LogP contribution in [0.1, 0.15) is 27.4 Å². The van der Waals surface area contributed by atoms with Gasteiger partial charge in [-0.3, -0.25) is 4.79 Å². The molecule has 2 aromatic heterocycles. The number of hydrogen-bond donors (Lipinski definition) is 1. The molecule has 1 fully saturated rings. The van der Waals surface area contributed by atoms with Gasteiger partial charge in [0, 0.05) is 37.7 Å². The van der Waals surface area contributed by atoms with Crippen LogP contribution in [-0.2, 0) is 6.18 Å². The van der Waals surface area contributed by atoms with Crippen LogP contribution in [0.2, 0.25) is 10.0 Å². The van der Waals surface area contributed by atoms with Crippen molar-refractivity contribution in [3.63, 3.8) is 0 Å². The predicted octanol–water partition coefficient (Wildman–Crippen LogP) is 5.17. The zero-order valence-corrected chi connectivity index (χ0v) is 18.6. The summed E-state index contributed by atoms with van der Waals surface area (Å²) in [5.74, 6) is 0.0228. The van der Waals surface area contributed by atoms with Gasteiger partial charge in [0.1, 0.15) is 5.82 Å². The lowest BCUT2D eigenvalue weighted by Crippen LogP contribution is -2.29. The Morgan fingerprint density at radius 3 is 2.52 bits per heavy atom. The van der Waals surface area contributed by atoms with Crippen molar-refractivity contribution >= 4 is 34.9 Å². The van der Waals surface area contributed by atoms with E-state index in [2.05, 4.69) is 20.5 Å². The number of rotatable bonds is 5. The Morgan fingerprint density at radius 1 is 1.06 bits per heavy atom. The zero-order valence-electron chi connectivity index (χ0n) is 17.1. The summed E-state index contributed by atoms with van der Waals surface area (Å²) < 4.78 is 38.3. The van der Waals surface area contributed by atoms with Crippen molar-refractivity contribution in [2.24, 2.45) is 5.92 Å². The Bertz CT molecular complexity index is 1130.